The van der Waals surface area contributed by atoms with Crippen molar-refractivity contribution in [1.29, 1.82) is 0 Å². The van der Waals surface area contributed by atoms with Gasteiger partial charge in [0.2, 0.25) is 11.6 Å². The minimum Gasteiger partial charge on any atom is -0.367 e. The van der Waals surface area contributed by atoms with E-state index < -0.39 is 20.5 Å². The lowest BCUT2D eigenvalue weighted by molar-refractivity contribution is 0.321. The fourth-order valence-corrected chi connectivity index (χ4v) is 4.30. The van der Waals surface area contributed by atoms with Gasteiger partial charge in [0.15, 0.2) is 0 Å². The van der Waals surface area contributed by atoms with Gasteiger partial charge in [0, 0.05) is 25.5 Å². The van der Waals surface area contributed by atoms with Crippen LogP contribution in [0.15, 0.2) is 77.7 Å². The van der Waals surface area contributed by atoms with Crippen molar-refractivity contribution in [3.05, 3.63) is 77.7 Å². The number of aromatic nitrogens is 6. The number of benzene rings is 2. The number of nitrogens with one attached hydrogen (secondary N) is 1. The highest BCUT2D eigenvalue weighted by atomic mass is 79.9. The summed E-state index contributed by atoms with van der Waals surface area (Å²) in [5.74, 6) is 1.99. The Balaban J connectivity index is -0.000000292. The zero-order chi connectivity index (χ0) is 33.0. The van der Waals surface area contributed by atoms with Crippen LogP contribution in [0.5, 0.6) is 0 Å². The number of imidazole rings is 2. The maximum atomic E-state index is 12.0. The van der Waals surface area contributed by atoms with E-state index in [9.17, 15) is 13.2 Å². The van der Waals surface area contributed by atoms with E-state index in [1.165, 1.54) is 19.6 Å². The van der Waals surface area contributed by atoms with Crippen molar-refractivity contribution in [2.75, 3.05) is 58.5 Å². The van der Waals surface area contributed by atoms with Gasteiger partial charge in [0.1, 0.15) is 23.8 Å². The lowest BCUT2D eigenvalue weighted by atomic mass is 10.3. The number of hydrogen-bond donors (Lipinski definition) is 2. The third-order valence-corrected chi connectivity index (χ3v) is 6.62. The van der Waals surface area contributed by atoms with E-state index in [4.69, 9.17) is 1.37 Å². The Labute approximate surface area is 307 Å². The molecule has 0 unspecified atom stereocenters. The second-order valence-electron chi connectivity index (χ2n) is 8.82. The highest BCUT2D eigenvalue weighted by Crippen LogP contribution is 2.17. The van der Waals surface area contributed by atoms with Crippen molar-refractivity contribution in [3.63, 3.8) is 0 Å². The Morgan fingerprint density at radius 2 is 1.18 bits per heavy atom. The molecule has 4 heterocycles. The predicted molar refractivity (Wildman–Crippen MR) is 213 cm³/mol. The highest BCUT2D eigenvalue weighted by Gasteiger charge is 2.05. The number of nitrogens with zero attached hydrogens (tertiary/aromatic N) is 7. The number of anilines is 1. The number of fused-ring (bicyclic) bond motifs is 6. The molecule has 0 amide bonds. The maximum absolute atomic E-state index is 12.0. The zero-order valence-electron chi connectivity index (χ0n) is 26.7. The molecule has 278 valence electrons. The van der Waals surface area contributed by atoms with E-state index in [2.05, 4.69) is 72.6 Å². The molecular formula is C35H58BrClF3N9. The van der Waals surface area contributed by atoms with Gasteiger partial charge in [-0.2, -0.15) is 4.98 Å². The zero-order valence-corrected chi connectivity index (χ0v) is 28.1. The Morgan fingerprint density at radius 3 is 1.59 bits per heavy atom. The van der Waals surface area contributed by atoms with Crippen LogP contribution in [0.3, 0.4) is 0 Å². The molecule has 0 saturated carbocycles. The van der Waals surface area contributed by atoms with Crippen molar-refractivity contribution >= 4 is 67.8 Å². The Hall–Kier alpha value is -3.52. The highest BCUT2D eigenvalue weighted by molar-refractivity contribution is 9.10. The van der Waals surface area contributed by atoms with Crippen LogP contribution in [0.1, 0.15) is 51.8 Å². The summed E-state index contributed by atoms with van der Waals surface area (Å²) in [5, 5.41) is 2.89. The summed E-state index contributed by atoms with van der Waals surface area (Å²) < 4.78 is 42.8. The normalized spacial score (nSPS) is 9.53. The molecule has 49 heavy (non-hydrogen) atoms. The molecule has 0 aliphatic heterocycles. The Morgan fingerprint density at radius 1 is 0.755 bits per heavy atom. The van der Waals surface area contributed by atoms with Crippen molar-refractivity contribution < 1.29 is 14.5 Å². The lowest BCUT2D eigenvalue weighted by Gasteiger charge is -2.13. The summed E-state index contributed by atoms with van der Waals surface area (Å²) >= 11 is 3.33. The van der Waals surface area contributed by atoms with Gasteiger partial charge >= 0.3 is 0 Å². The molecular weight excluding hydrogens is 719 g/mol. The van der Waals surface area contributed by atoms with E-state index in [1.54, 1.807) is 0 Å². The third kappa shape index (κ3) is 15.7. The van der Waals surface area contributed by atoms with Crippen molar-refractivity contribution in [3.8, 4) is 0 Å². The van der Waals surface area contributed by atoms with E-state index in [0.29, 0.717) is 11.6 Å². The van der Waals surface area contributed by atoms with Gasteiger partial charge in [0.05, 0.1) is 30.6 Å². The minimum atomic E-state index is -1.00. The average molecular weight is 778 g/mol. The first kappa shape index (κ1) is 49.9. The number of para-hydroxylation sites is 4. The number of hydrogen-bond acceptors (Lipinski definition) is 7. The largest absolute Gasteiger partial charge is 0.367 e. The molecule has 2 aromatic carbocycles. The first-order chi connectivity index (χ1) is 21.9. The SMILES string of the molecule is Brc1ccn2c(n1)nc1ccccc12.C.C.C.C.CCN(CC)CC.Cl.FCCNc1ccn2c(n1)nc1ccccc12.NCCF.[2H]CF. The summed E-state index contributed by atoms with van der Waals surface area (Å²) in [6, 6.07) is 19.6. The van der Waals surface area contributed by atoms with Crippen molar-refractivity contribution in [1.82, 2.24) is 33.6 Å². The summed E-state index contributed by atoms with van der Waals surface area (Å²) in [6.07, 6.45) is 3.85. The van der Waals surface area contributed by atoms with Gasteiger partial charge in [-0.1, -0.05) is 74.7 Å². The van der Waals surface area contributed by atoms with Gasteiger partial charge in [-0.25, -0.2) is 23.7 Å². The van der Waals surface area contributed by atoms with Gasteiger partial charge in [0.25, 0.3) is 0 Å². The minimum absolute atomic E-state index is 0. The first-order valence-corrected chi connectivity index (χ1v) is 15.0. The second-order valence-corrected chi connectivity index (χ2v) is 9.63. The second kappa shape index (κ2) is 29.4. The molecule has 0 fully saturated rings. The van der Waals surface area contributed by atoms with E-state index in [0.717, 1.165) is 32.4 Å². The summed E-state index contributed by atoms with van der Waals surface area (Å²) in [4.78, 5) is 19.8. The smallest absolute Gasteiger partial charge is 0.236 e. The van der Waals surface area contributed by atoms with Gasteiger partial charge in [-0.3, -0.25) is 13.2 Å². The van der Waals surface area contributed by atoms with Crippen LogP contribution in [0.25, 0.3) is 33.6 Å². The van der Waals surface area contributed by atoms with E-state index in [1.807, 2.05) is 81.9 Å². The van der Waals surface area contributed by atoms with Gasteiger partial charge < -0.3 is 16.0 Å². The van der Waals surface area contributed by atoms with Crippen LogP contribution in [-0.4, -0.2) is 86.9 Å². The average Bonchev–Trinajstić information content (AvgIpc) is 3.63. The molecule has 0 bridgehead atoms. The van der Waals surface area contributed by atoms with Crippen LogP contribution in [0.2, 0.25) is 0 Å². The van der Waals surface area contributed by atoms with E-state index in [-0.39, 0.29) is 55.2 Å². The van der Waals surface area contributed by atoms with Crippen LogP contribution < -0.4 is 11.1 Å². The van der Waals surface area contributed by atoms with Crippen LogP contribution in [-0.2, 0) is 0 Å². The number of nitrogens with two attached hydrogens (primary N) is 1. The Bertz CT molecular complexity index is 1680. The molecule has 0 atom stereocenters. The summed E-state index contributed by atoms with van der Waals surface area (Å²) in [5.41, 5.74) is 8.63. The van der Waals surface area contributed by atoms with Gasteiger partial charge in [-0.05, 0) is 72.0 Å². The fraction of sp³-hybridized carbons (Fsp3) is 0.429. The molecule has 6 aromatic rings. The van der Waals surface area contributed by atoms with Crippen LogP contribution in [0.4, 0.5) is 19.0 Å². The maximum Gasteiger partial charge on any atom is 0.236 e. The predicted octanol–water partition coefficient (Wildman–Crippen LogP) is 9.72. The monoisotopic (exact) mass is 776 g/mol. The lowest BCUT2D eigenvalue weighted by Crippen LogP contribution is -2.21. The molecule has 4 aromatic heterocycles. The molecule has 0 aliphatic rings. The standard InChI is InChI=1S/C12H11FN4.C10H6BrN3.C6H15N.C2H6FN.CH3F.4CH4.ClH/c13-6-7-14-11-5-8-17-10-4-2-1-3-9(10)15-12(17)16-11;11-9-5-6-14-8-4-2-1-3-7(8)12-10(14)13-9;1-4-7(5-2)6-3;3-1-2-4;1-2;;;;;/h1-5,8H,6-7H2,(H,14,15,16);1-6H;4-6H2,1-3H3;1-2,4H2;1H3;4*1H4;1H/i;;;;1D;;;;;. The van der Waals surface area contributed by atoms with E-state index >= 15 is 0 Å². The van der Waals surface area contributed by atoms with Crippen molar-refractivity contribution in [2.45, 2.75) is 50.5 Å². The molecule has 9 nitrogen and oxygen atoms in total. The topological polar surface area (TPSA) is 102 Å². The van der Waals surface area contributed by atoms with Crippen LogP contribution >= 0.6 is 28.3 Å². The molecule has 0 aliphatic carbocycles. The molecule has 3 N–H and O–H groups in total. The number of alkyl halides is 3. The molecule has 6 rings (SSSR count). The molecule has 0 radical (unpaired) electrons. The molecule has 0 spiro atoms. The summed E-state index contributed by atoms with van der Waals surface area (Å²) in [7, 11) is -1.00. The molecule has 14 heteroatoms. The van der Waals surface area contributed by atoms with Gasteiger partial charge in [-0.15, -0.1) is 12.4 Å². The fourth-order valence-electron chi connectivity index (χ4n) is 4.02. The number of halogens is 5. The summed E-state index contributed by atoms with van der Waals surface area (Å²) in [6.45, 7) is 9.73. The molecule has 0 saturated heterocycles. The van der Waals surface area contributed by atoms with Crippen LogP contribution in [0, 0.1) is 0 Å². The number of rotatable bonds is 7. The third-order valence-electron chi connectivity index (χ3n) is 6.18. The quantitative estimate of drug-likeness (QED) is 0.156. The first-order valence-electron chi connectivity index (χ1n) is 14.9. The van der Waals surface area contributed by atoms with Crippen molar-refractivity contribution in [2.24, 2.45) is 5.73 Å². The Kier molecular flexibility index (Phi) is 29.9.